The van der Waals surface area contributed by atoms with Gasteiger partial charge in [0.1, 0.15) is 5.37 Å². The Balaban J connectivity index is 1.53. The lowest BCUT2D eigenvalue weighted by atomic mass is 10.1. The number of fused-ring (bicyclic) bond motifs is 1. The van der Waals surface area contributed by atoms with E-state index in [1.807, 2.05) is 65.6 Å². The maximum Gasteiger partial charge on any atom is 0.323 e. The van der Waals surface area contributed by atoms with Crippen molar-refractivity contribution >= 4 is 45.9 Å². The molecule has 0 saturated carbocycles. The predicted octanol–water partition coefficient (Wildman–Crippen LogP) is 5.77. The summed E-state index contributed by atoms with van der Waals surface area (Å²) in [6.07, 6.45) is 0. The highest BCUT2D eigenvalue weighted by atomic mass is 35.5. The second-order valence-electron chi connectivity index (χ2n) is 5.96. The van der Waals surface area contributed by atoms with E-state index in [0.29, 0.717) is 5.02 Å². The first-order valence-corrected chi connectivity index (χ1v) is 9.57. The van der Waals surface area contributed by atoms with E-state index in [2.05, 4.69) is 11.4 Å². The SMILES string of the molecule is O=C(Nc1ccc2ccccc2c1)N1CCSC1c1ccc(Cl)cc1. The Morgan fingerprint density at radius 3 is 2.60 bits per heavy atom. The van der Waals surface area contributed by atoms with Crippen LogP contribution in [-0.4, -0.2) is 23.2 Å². The summed E-state index contributed by atoms with van der Waals surface area (Å²) < 4.78 is 0. The van der Waals surface area contributed by atoms with Crippen LogP contribution in [0.15, 0.2) is 66.7 Å². The molecule has 25 heavy (non-hydrogen) atoms. The number of thioether (sulfide) groups is 1. The smallest absolute Gasteiger partial charge is 0.308 e. The van der Waals surface area contributed by atoms with Crippen molar-refractivity contribution in [2.45, 2.75) is 5.37 Å². The summed E-state index contributed by atoms with van der Waals surface area (Å²) in [4.78, 5) is 14.7. The maximum atomic E-state index is 12.8. The lowest BCUT2D eigenvalue weighted by molar-refractivity contribution is 0.214. The van der Waals surface area contributed by atoms with Gasteiger partial charge < -0.3 is 10.2 Å². The Kier molecular flexibility index (Phi) is 4.55. The van der Waals surface area contributed by atoms with E-state index >= 15 is 0 Å². The second-order valence-corrected chi connectivity index (χ2v) is 7.58. The topological polar surface area (TPSA) is 32.3 Å². The van der Waals surface area contributed by atoms with Crippen molar-refractivity contribution < 1.29 is 4.79 Å². The standard InChI is InChI=1S/C20H17ClN2OS/c21-17-8-5-15(6-9-17)19-23(11-12-25-19)20(24)22-18-10-7-14-3-1-2-4-16(14)13-18/h1-10,13,19H,11-12H2,(H,22,24). The molecule has 0 aromatic heterocycles. The van der Waals surface area contributed by atoms with E-state index in [0.717, 1.165) is 34.3 Å². The molecule has 1 aliphatic heterocycles. The van der Waals surface area contributed by atoms with Crippen LogP contribution in [0.25, 0.3) is 10.8 Å². The van der Waals surface area contributed by atoms with E-state index in [9.17, 15) is 4.79 Å². The average Bonchev–Trinajstić information content (AvgIpc) is 3.12. The number of nitrogens with zero attached hydrogens (tertiary/aromatic N) is 1. The molecule has 0 spiro atoms. The van der Waals surface area contributed by atoms with Crippen molar-refractivity contribution in [3.05, 3.63) is 77.3 Å². The number of urea groups is 1. The number of nitrogens with one attached hydrogen (secondary N) is 1. The molecule has 126 valence electrons. The number of hydrogen-bond acceptors (Lipinski definition) is 2. The normalized spacial score (nSPS) is 17.0. The number of rotatable bonds is 2. The summed E-state index contributed by atoms with van der Waals surface area (Å²) in [5.74, 6) is 0.929. The molecule has 1 atom stereocenters. The lowest BCUT2D eigenvalue weighted by Gasteiger charge is -2.24. The molecule has 3 nitrogen and oxygen atoms in total. The molecule has 1 saturated heterocycles. The van der Waals surface area contributed by atoms with Crippen LogP contribution in [0.4, 0.5) is 10.5 Å². The fourth-order valence-corrected chi connectivity index (χ4v) is 4.43. The van der Waals surface area contributed by atoms with Gasteiger partial charge in [-0.25, -0.2) is 4.79 Å². The Bertz CT molecular complexity index is 913. The minimum atomic E-state index is -0.0692. The van der Waals surface area contributed by atoms with Crippen molar-refractivity contribution in [3.63, 3.8) is 0 Å². The van der Waals surface area contributed by atoms with Gasteiger partial charge in [-0.15, -0.1) is 11.8 Å². The van der Waals surface area contributed by atoms with Crippen molar-refractivity contribution in [2.75, 3.05) is 17.6 Å². The van der Waals surface area contributed by atoms with Gasteiger partial charge >= 0.3 is 6.03 Å². The summed E-state index contributed by atoms with van der Waals surface area (Å²) in [7, 11) is 0. The molecule has 1 aliphatic rings. The first kappa shape index (κ1) is 16.3. The fourth-order valence-electron chi connectivity index (χ4n) is 3.04. The predicted molar refractivity (Wildman–Crippen MR) is 106 cm³/mol. The quantitative estimate of drug-likeness (QED) is 0.622. The van der Waals surface area contributed by atoms with Gasteiger partial charge in [-0.2, -0.15) is 0 Å². The molecule has 2 amide bonds. The maximum absolute atomic E-state index is 12.8. The second kappa shape index (κ2) is 6.98. The number of hydrogen-bond donors (Lipinski definition) is 1. The first-order chi connectivity index (χ1) is 12.2. The van der Waals surface area contributed by atoms with Crippen molar-refractivity contribution in [1.82, 2.24) is 4.90 Å². The van der Waals surface area contributed by atoms with Gasteiger partial charge in [0, 0.05) is 23.0 Å². The molecule has 1 unspecified atom stereocenters. The van der Waals surface area contributed by atoms with Crippen molar-refractivity contribution in [1.29, 1.82) is 0 Å². The van der Waals surface area contributed by atoms with Gasteiger partial charge in [-0.3, -0.25) is 0 Å². The molecular formula is C20H17ClN2OS. The highest BCUT2D eigenvalue weighted by molar-refractivity contribution is 7.99. The molecule has 3 aromatic carbocycles. The van der Waals surface area contributed by atoms with Crippen LogP contribution >= 0.6 is 23.4 Å². The zero-order valence-electron chi connectivity index (χ0n) is 13.5. The minimum Gasteiger partial charge on any atom is -0.308 e. The van der Waals surface area contributed by atoms with Gasteiger partial charge in [0.15, 0.2) is 0 Å². The van der Waals surface area contributed by atoms with Crippen LogP contribution in [0.1, 0.15) is 10.9 Å². The lowest BCUT2D eigenvalue weighted by Crippen LogP contribution is -2.34. The third kappa shape index (κ3) is 3.46. The molecule has 0 aliphatic carbocycles. The molecule has 1 heterocycles. The van der Waals surface area contributed by atoms with E-state index in [-0.39, 0.29) is 11.4 Å². The number of carbonyl (C=O) groups is 1. The third-order valence-electron chi connectivity index (χ3n) is 4.31. The molecule has 1 fully saturated rings. The Labute approximate surface area is 156 Å². The van der Waals surface area contributed by atoms with Crippen molar-refractivity contribution in [3.8, 4) is 0 Å². The largest absolute Gasteiger partial charge is 0.323 e. The van der Waals surface area contributed by atoms with Crippen LogP contribution in [-0.2, 0) is 0 Å². The Morgan fingerprint density at radius 2 is 1.80 bits per heavy atom. The number of anilines is 1. The number of amides is 2. The monoisotopic (exact) mass is 368 g/mol. The highest BCUT2D eigenvalue weighted by Crippen LogP contribution is 2.38. The van der Waals surface area contributed by atoms with Crippen LogP contribution in [0, 0.1) is 0 Å². The minimum absolute atomic E-state index is 0.0257. The number of carbonyl (C=O) groups excluding carboxylic acids is 1. The van der Waals surface area contributed by atoms with E-state index in [1.165, 1.54) is 0 Å². The summed E-state index contributed by atoms with van der Waals surface area (Å²) in [6.45, 7) is 0.734. The van der Waals surface area contributed by atoms with Crippen LogP contribution in [0.5, 0.6) is 0 Å². The van der Waals surface area contributed by atoms with Gasteiger partial charge in [0.25, 0.3) is 0 Å². The highest BCUT2D eigenvalue weighted by Gasteiger charge is 2.30. The fraction of sp³-hybridized carbons (Fsp3) is 0.150. The molecule has 0 radical (unpaired) electrons. The van der Waals surface area contributed by atoms with Crippen LogP contribution < -0.4 is 5.32 Å². The first-order valence-electron chi connectivity index (χ1n) is 8.14. The summed E-state index contributed by atoms with van der Waals surface area (Å²) in [6, 6.07) is 21.8. The van der Waals surface area contributed by atoms with E-state index < -0.39 is 0 Å². The summed E-state index contributed by atoms with van der Waals surface area (Å²) in [5, 5.41) is 6.05. The molecule has 0 bridgehead atoms. The van der Waals surface area contributed by atoms with Gasteiger partial charge in [0.2, 0.25) is 0 Å². The zero-order chi connectivity index (χ0) is 17.2. The summed E-state index contributed by atoms with van der Waals surface area (Å²) >= 11 is 7.75. The van der Waals surface area contributed by atoms with Gasteiger partial charge in [0.05, 0.1) is 0 Å². The van der Waals surface area contributed by atoms with Gasteiger partial charge in [-0.05, 0) is 40.6 Å². The molecule has 5 heteroatoms. The Morgan fingerprint density at radius 1 is 1.04 bits per heavy atom. The van der Waals surface area contributed by atoms with E-state index in [1.54, 1.807) is 11.8 Å². The Hall–Kier alpha value is -2.17. The number of benzene rings is 3. The molecule has 4 rings (SSSR count). The number of halogens is 1. The van der Waals surface area contributed by atoms with E-state index in [4.69, 9.17) is 11.6 Å². The van der Waals surface area contributed by atoms with Gasteiger partial charge in [-0.1, -0.05) is 54.1 Å². The average molecular weight is 369 g/mol. The zero-order valence-corrected chi connectivity index (χ0v) is 15.1. The van der Waals surface area contributed by atoms with Crippen molar-refractivity contribution in [2.24, 2.45) is 0 Å². The molecular weight excluding hydrogens is 352 g/mol. The van der Waals surface area contributed by atoms with Crippen LogP contribution in [0.3, 0.4) is 0 Å². The molecule has 3 aromatic rings. The van der Waals surface area contributed by atoms with Crippen LogP contribution in [0.2, 0.25) is 5.02 Å². The molecule has 1 N–H and O–H groups in total. The third-order valence-corrected chi connectivity index (χ3v) is 5.82. The summed E-state index contributed by atoms with van der Waals surface area (Å²) in [5.41, 5.74) is 1.91.